The number of ether oxygens (including phenoxy) is 2. The van der Waals surface area contributed by atoms with E-state index in [9.17, 15) is 14.4 Å². The van der Waals surface area contributed by atoms with Gasteiger partial charge in [0, 0.05) is 26.2 Å². The summed E-state index contributed by atoms with van der Waals surface area (Å²) in [6.45, 7) is 7.49. The molecule has 36 heavy (non-hydrogen) atoms. The lowest BCUT2D eigenvalue weighted by Crippen LogP contribution is -2.50. The van der Waals surface area contributed by atoms with Gasteiger partial charge in [0.25, 0.3) is 5.91 Å². The molecule has 3 heterocycles. The number of carbonyl (C=O) groups excluding carboxylic acids is 3. The van der Waals surface area contributed by atoms with E-state index in [1.807, 2.05) is 25.7 Å². The maximum Gasteiger partial charge on any atom is 0.414 e. The predicted octanol–water partition coefficient (Wildman–Crippen LogP) is 4.35. The molecule has 1 aromatic carbocycles. The standard InChI is InChI=1S/C24H28ClFN4O5S/c1-24(2,3)35-22(32)29-10-8-28(9-11-29)18-5-4-15(12-17(18)26)30-14-16(34-23(30)33)13-27-21(31)19-6-7-20(25)36-19/h4-7,12,16H,8-11,13-14H2,1-3H3,(H,27,31). The molecule has 2 saturated heterocycles. The zero-order valence-electron chi connectivity index (χ0n) is 20.3. The van der Waals surface area contributed by atoms with Gasteiger partial charge in [0.2, 0.25) is 0 Å². The van der Waals surface area contributed by atoms with E-state index in [0.717, 1.165) is 11.3 Å². The molecule has 1 aromatic heterocycles. The summed E-state index contributed by atoms with van der Waals surface area (Å²) in [5, 5.41) is 2.73. The molecule has 0 bridgehead atoms. The summed E-state index contributed by atoms with van der Waals surface area (Å²) in [5.41, 5.74) is 0.191. The maximum atomic E-state index is 15.0. The van der Waals surface area contributed by atoms with Crippen LogP contribution >= 0.6 is 22.9 Å². The summed E-state index contributed by atoms with van der Waals surface area (Å²) < 4.78 is 26.3. The number of cyclic esters (lactones) is 1. The van der Waals surface area contributed by atoms with E-state index in [-0.39, 0.29) is 25.1 Å². The normalized spacial score (nSPS) is 18.3. The Labute approximate surface area is 217 Å². The van der Waals surface area contributed by atoms with E-state index < -0.39 is 23.6 Å². The third kappa shape index (κ3) is 6.19. The second-order valence-corrected chi connectivity index (χ2v) is 11.2. The summed E-state index contributed by atoms with van der Waals surface area (Å²) in [6.07, 6.45) is -1.55. The molecule has 2 aliphatic heterocycles. The van der Waals surface area contributed by atoms with E-state index in [1.165, 1.54) is 11.0 Å². The lowest BCUT2D eigenvalue weighted by molar-refractivity contribution is 0.0240. The molecule has 12 heteroatoms. The van der Waals surface area contributed by atoms with Crippen molar-refractivity contribution in [3.05, 3.63) is 45.4 Å². The fraction of sp³-hybridized carbons (Fsp3) is 0.458. The molecule has 2 fully saturated rings. The second-order valence-electron chi connectivity index (χ2n) is 9.52. The fourth-order valence-corrected chi connectivity index (χ4v) is 4.90. The number of rotatable bonds is 5. The maximum absolute atomic E-state index is 15.0. The Morgan fingerprint density at radius 1 is 1.19 bits per heavy atom. The predicted molar refractivity (Wildman–Crippen MR) is 136 cm³/mol. The Balaban J connectivity index is 1.32. The zero-order valence-corrected chi connectivity index (χ0v) is 21.8. The van der Waals surface area contributed by atoms with Gasteiger partial charge < -0.3 is 24.6 Å². The van der Waals surface area contributed by atoms with Crippen molar-refractivity contribution in [3.63, 3.8) is 0 Å². The Kier molecular flexibility index (Phi) is 7.60. The summed E-state index contributed by atoms with van der Waals surface area (Å²) in [7, 11) is 0. The minimum atomic E-state index is -0.605. The number of hydrogen-bond acceptors (Lipinski definition) is 7. The first kappa shape index (κ1) is 26.0. The van der Waals surface area contributed by atoms with E-state index in [0.29, 0.717) is 46.8 Å². The third-order valence-electron chi connectivity index (χ3n) is 5.68. The Morgan fingerprint density at radius 2 is 1.92 bits per heavy atom. The van der Waals surface area contributed by atoms with Crippen molar-refractivity contribution in [2.45, 2.75) is 32.5 Å². The van der Waals surface area contributed by atoms with Gasteiger partial charge in [0.15, 0.2) is 0 Å². The first-order chi connectivity index (χ1) is 17.0. The van der Waals surface area contributed by atoms with Gasteiger partial charge in [0.1, 0.15) is 17.5 Å². The molecular weight excluding hydrogens is 511 g/mol. The van der Waals surface area contributed by atoms with Gasteiger partial charge >= 0.3 is 12.2 Å². The zero-order chi connectivity index (χ0) is 26.0. The molecule has 3 amide bonds. The van der Waals surface area contributed by atoms with Crippen LogP contribution < -0.4 is 15.1 Å². The first-order valence-electron chi connectivity index (χ1n) is 11.5. The molecule has 2 aromatic rings. The molecule has 1 atom stereocenters. The number of amides is 3. The fourth-order valence-electron chi connectivity index (χ4n) is 3.95. The van der Waals surface area contributed by atoms with Crippen molar-refractivity contribution in [1.29, 1.82) is 0 Å². The number of carbonyl (C=O) groups is 3. The van der Waals surface area contributed by atoms with Crippen LogP contribution in [0.4, 0.5) is 25.4 Å². The van der Waals surface area contributed by atoms with Crippen molar-refractivity contribution in [3.8, 4) is 0 Å². The van der Waals surface area contributed by atoms with Crippen LogP contribution in [-0.2, 0) is 9.47 Å². The monoisotopic (exact) mass is 538 g/mol. The van der Waals surface area contributed by atoms with Crippen LogP contribution in [0.3, 0.4) is 0 Å². The van der Waals surface area contributed by atoms with E-state index in [2.05, 4.69) is 5.32 Å². The molecule has 1 N–H and O–H groups in total. The van der Waals surface area contributed by atoms with E-state index in [1.54, 1.807) is 29.2 Å². The number of anilines is 2. The number of nitrogens with zero attached hydrogens (tertiary/aromatic N) is 3. The Morgan fingerprint density at radius 3 is 2.53 bits per heavy atom. The number of benzene rings is 1. The second kappa shape index (κ2) is 10.5. The average molecular weight is 539 g/mol. The van der Waals surface area contributed by atoms with Crippen LogP contribution in [-0.4, -0.2) is 74.0 Å². The van der Waals surface area contributed by atoms with Gasteiger partial charge in [0.05, 0.1) is 33.7 Å². The summed E-state index contributed by atoms with van der Waals surface area (Å²) in [5.74, 6) is -0.777. The summed E-state index contributed by atoms with van der Waals surface area (Å²) in [4.78, 5) is 42.1. The first-order valence-corrected chi connectivity index (χ1v) is 12.7. The minimum Gasteiger partial charge on any atom is -0.444 e. The smallest absolute Gasteiger partial charge is 0.414 e. The van der Waals surface area contributed by atoms with Crippen molar-refractivity contribution in [2.24, 2.45) is 0 Å². The lowest BCUT2D eigenvalue weighted by Gasteiger charge is -2.37. The van der Waals surface area contributed by atoms with Crippen LogP contribution in [0, 0.1) is 5.82 Å². The van der Waals surface area contributed by atoms with Crippen LogP contribution in [0.25, 0.3) is 0 Å². The van der Waals surface area contributed by atoms with E-state index in [4.69, 9.17) is 21.1 Å². The number of piperazine rings is 1. The molecule has 0 radical (unpaired) electrons. The minimum absolute atomic E-state index is 0.124. The Bertz CT molecular complexity index is 1150. The van der Waals surface area contributed by atoms with Crippen molar-refractivity contribution >= 4 is 52.4 Å². The van der Waals surface area contributed by atoms with Crippen molar-refractivity contribution in [1.82, 2.24) is 10.2 Å². The highest BCUT2D eigenvalue weighted by Crippen LogP contribution is 2.29. The molecule has 4 rings (SSSR count). The highest BCUT2D eigenvalue weighted by molar-refractivity contribution is 7.18. The topological polar surface area (TPSA) is 91.4 Å². The largest absolute Gasteiger partial charge is 0.444 e. The molecular formula is C24H28ClFN4O5S. The molecule has 1 unspecified atom stereocenters. The van der Waals surface area contributed by atoms with Crippen molar-refractivity contribution in [2.75, 3.05) is 49.1 Å². The summed E-state index contributed by atoms with van der Waals surface area (Å²) in [6, 6.07) is 7.84. The number of hydrogen-bond donors (Lipinski definition) is 1. The van der Waals surface area contributed by atoms with Gasteiger partial charge in [-0.05, 0) is 51.1 Å². The van der Waals surface area contributed by atoms with Gasteiger partial charge in [-0.25, -0.2) is 14.0 Å². The number of halogens is 2. The van der Waals surface area contributed by atoms with Crippen LogP contribution in [0.1, 0.15) is 30.4 Å². The number of thiophene rings is 1. The van der Waals surface area contributed by atoms with Gasteiger partial charge in [-0.15, -0.1) is 11.3 Å². The Hall–Kier alpha value is -3.05. The molecule has 2 aliphatic rings. The molecule has 9 nitrogen and oxygen atoms in total. The van der Waals surface area contributed by atoms with Gasteiger partial charge in [-0.3, -0.25) is 9.69 Å². The third-order valence-corrected chi connectivity index (χ3v) is 6.91. The molecule has 0 spiro atoms. The number of nitrogens with one attached hydrogen (secondary N) is 1. The average Bonchev–Trinajstić information content (AvgIpc) is 3.42. The van der Waals surface area contributed by atoms with Crippen LogP contribution in [0.15, 0.2) is 30.3 Å². The molecule has 194 valence electrons. The quantitative estimate of drug-likeness (QED) is 0.608. The van der Waals surface area contributed by atoms with Gasteiger partial charge in [-0.2, -0.15) is 0 Å². The highest BCUT2D eigenvalue weighted by Gasteiger charge is 2.33. The molecule has 0 saturated carbocycles. The van der Waals surface area contributed by atoms with Crippen LogP contribution in [0.2, 0.25) is 4.34 Å². The van der Waals surface area contributed by atoms with Crippen molar-refractivity contribution < 1.29 is 28.2 Å². The van der Waals surface area contributed by atoms with E-state index >= 15 is 4.39 Å². The SMILES string of the molecule is CC(C)(C)OC(=O)N1CCN(c2ccc(N3CC(CNC(=O)c4ccc(Cl)s4)OC3=O)cc2F)CC1. The van der Waals surface area contributed by atoms with Gasteiger partial charge in [-0.1, -0.05) is 11.6 Å². The van der Waals surface area contributed by atoms with Crippen LogP contribution in [0.5, 0.6) is 0 Å². The lowest BCUT2D eigenvalue weighted by atomic mass is 10.2. The summed E-state index contributed by atoms with van der Waals surface area (Å²) >= 11 is 7.02. The highest BCUT2D eigenvalue weighted by atomic mass is 35.5. The molecule has 0 aliphatic carbocycles.